The first-order valence-electron chi connectivity index (χ1n) is 9.53. The Morgan fingerprint density at radius 1 is 1.04 bits per heavy atom. The molecule has 2 N–H and O–H groups in total. The molecule has 7 unspecified atom stereocenters. The van der Waals surface area contributed by atoms with E-state index in [0.29, 0.717) is 29.5 Å². The highest BCUT2D eigenvalue weighted by atomic mass is 16.5. The van der Waals surface area contributed by atoms with Gasteiger partial charge in [0.25, 0.3) is 0 Å². The number of hydrogen-bond acceptors (Lipinski definition) is 4. The second kappa shape index (κ2) is 6.62. The molecule has 0 aromatic heterocycles. The Labute approximate surface area is 142 Å². The molecule has 2 aliphatic heterocycles. The molecule has 0 spiro atoms. The van der Waals surface area contributed by atoms with Crippen LogP contribution < -0.4 is 10.7 Å². The number of hydrogen-bond donors (Lipinski definition) is 2. The van der Waals surface area contributed by atoms with E-state index >= 15 is 0 Å². The quantitative estimate of drug-likeness (QED) is 0.819. The fourth-order valence-electron chi connectivity index (χ4n) is 5.61. The van der Waals surface area contributed by atoms with Crippen LogP contribution in [-0.2, 0) is 4.74 Å². The molecule has 0 amide bonds. The van der Waals surface area contributed by atoms with Crippen molar-refractivity contribution in [3.05, 3.63) is 0 Å². The summed E-state index contributed by atoms with van der Waals surface area (Å²) in [6.07, 6.45) is 4.22. The number of rotatable bonds is 2. The largest absolute Gasteiger partial charge is 0.381 e. The Morgan fingerprint density at radius 2 is 1.78 bits per heavy atom. The molecule has 1 saturated carbocycles. The smallest absolute Gasteiger partial charge is 0.0617 e. The fourth-order valence-corrected chi connectivity index (χ4v) is 5.61. The van der Waals surface area contributed by atoms with Crippen LogP contribution in [0.3, 0.4) is 0 Å². The summed E-state index contributed by atoms with van der Waals surface area (Å²) in [6.45, 7) is 11.9. The molecule has 0 aromatic rings. The molecule has 23 heavy (non-hydrogen) atoms. The maximum atomic E-state index is 6.03. The van der Waals surface area contributed by atoms with E-state index in [-0.39, 0.29) is 0 Å². The van der Waals surface area contributed by atoms with Gasteiger partial charge in [-0.15, -0.1) is 0 Å². The minimum atomic E-state index is 0.359. The molecule has 4 nitrogen and oxygen atoms in total. The molecule has 3 rings (SSSR count). The number of fused-ring (bicyclic) bond motifs is 1. The van der Waals surface area contributed by atoms with Crippen molar-refractivity contribution in [3.63, 3.8) is 0 Å². The molecular weight excluding hydrogens is 286 g/mol. The Hall–Kier alpha value is -0.160. The summed E-state index contributed by atoms with van der Waals surface area (Å²) in [4.78, 5) is 0. The predicted octanol–water partition coefficient (Wildman–Crippen LogP) is 2.51. The lowest BCUT2D eigenvalue weighted by atomic mass is 9.60. The molecule has 4 heteroatoms. The standard InChI is InChI=1S/C19H37N3O/c1-12-7-14(16(11-20-12)19(2,3)4)15-8-13-10-21-22(5)17(13)9-18(15)23-6/h12-18,20-21H,7-11H2,1-6H3. The van der Waals surface area contributed by atoms with Crippen molar-refractivity contribution >= 4 is 0 Å². The molecule has 0 bridgehead atoms. The molecule has 3 fully saturated rings. The first kappa shape index (κ1) is 17.7. The van der Waals surface area contributed by atoms with Crippen molar-refractivity contribution in [2.24, 2.45) is 29.1 Å². The van der Waals surface area contributed by atoms with E-state index in [1.165, 1.54) is 19.3 Å². The van der Waals surface area contributed by atoms with Gasteiger partial charge in [0, 0.05) is 32.8 Å². The van der Waals surface area contributed by atoms with Crippen LogP contribution in [0.1, 0.15) is 47.0 Å². The van der Waals surface area contributed by atoms with E-state index in [1.807, 2.05) is 7.11 Å². The maximum Gasteiger partial charge on any atom is 0.0617 e. The van der Waals surface area contributed by atoms with Crippen molar-refractivity contribution < 1.29 is 4.74 Å². The van der Waals surface area contributed by atoms with Gasteiger partial charge in [-0.3, -0.25) is 5.43 Å². The van der Waals surface area contributed by atoms with Crippen LogP contribution in [0, 0.1) is 29.1 Å². The summed E-state index contributed by atoms with van der Waals surface area (Å²) in [7, 11) is 4.12. The van der Waals surface area contributed by atoms with Crippen molar-refractivity contribution in [2.75, 3.05) is 27.2 Å². The normalized spacial score (nSPS) is 45.9. The van der Waals surface area contributed by atoms with Gasteiger partial charge in [-0.25, -0.2) is 5.01 Å². The lowest BCUT2D eigenvalue weighted by Crippen LogP contribution is -2.54. The van der Waals surface area contributed by atoms with E-state index in [4.69, 9.17) is 4.74 Å². The number of piperidine rings is 1. The highest BCUT2D eigenvalue weighted by Crippen LogP contribution is 2.47. The molecule has 3 aliphatic rings. The van der Waals surface area contributed by atoms with E-state index in [9.17, 15) is 0 Å². The zero-order valence-electron chi connectivity index (χ0n) is 15.9. The van der Waals surface area contributed by atoms with Crippen LogP contribution >= 0.6 is 0 Å². The zero-order valence-corrected chi connectivity index (χ0v) is 15.9. The molecule has 1 aliphatic carbocycles. The van der Waals surface area contributed by atoms with Gasteiger partial charge in [-0.1, -0.05) is 20.8 Å². The number of methoxy groups -OCH3 is 1. The summed E-state index contributed by atoms with van der Waals surface area (Å²) in [5, 5.41) is 6.07. The molecule has 0 aromatic carbocycles. The van der Waals surface area contributed by atoms with Crippen molar-refractivity contribution in [3.8, 4) is 0 Å². The first-order chi connectivity index (χ1) is 10.8. The SMILES string of the molecule is COC1CC2C(CNN2C)CC1C1CC(C)NCC1C(C)(C)C. The van der Waals surface area contributed by atoms with Crippen LogP contribution in [0.2, 0.25) is 0 Å². The minimum absolute atomic E-state index is 0.359. The predicted molar refractivity (Wildman–Crippen MR) is 95.1 cm³/mol. The Bertz CT molecular complexity index is 408. The van der Waals surface area contributed by atoms with Gasteiger partial charge in [0.2, 0.25) is 0 Å². The average molecular weight is 324 g/mol. The highest BCUT2D eigenvalue weighted by Gasteiger charge is 2.49. The minimum Gasteiger partial charge on any atom is -0.381 e. The van der Waals surface area contributed by atoms with Gasteiger partial charge in [-0.05, 0) is 61.8 Å². The number of hydrazine groups is 1. The second-order valence-electron chi connectivity index (χ2n) is 9.39. The van der Waals surface area contributed by atoms with Crippen molar-refractivity contribution in [1.82, 2.24) is 15.8 Å². The lowest BCUT2D eigenvalue weighted by molar-refractivity contribution is -0.0677. The monoisotopic (exact) mass is 323 g/mol. The molecule has 134 valence electrons. The van der Waals surface area contributed by atoms with Gasteiger partial charge in [-0.2, -0.15) is 0 Å². The van der Waals surface area contributed by atoms with Crippen LogP contribution in [0.15, 0.2) is 0 Å². The van der Waals surface area contributed by atoms with Crippen LogP contribution in [0.4, 0.5) is 0 Å². The summed E-state index contributed by atoms with van der Waals surface area (Å²) in [5.74, 6) is 3.03. The zero-order chi connectivity index (χ0) is 16.8. The van der Waals surface area contributed by atoms with Crippen molar-refractivity contribution in [1.29, 1.82) is 0 Å². The van der Waals surface area contributed by atoms with Gasteiger partial charge in [0.05, 0.1) is 6.10 Å². The number of ether oxygens (including phenoxy) is 1. The highest BCUT2D eigenvalue weighted by molar-refractivity contribution is 5.00. The number of nitrogens with one attached hydrogen (secondary N) is 2. The third-order valence-corrected chi connectivity index (χ3v) is 6.96. The molecule has 2 saturated heterocycles. The van der Waals surface area contributed by atoms with E-state index in [1.54, 1.807) is 0 Å². The Morgan fingerprint density at radius 3 is 2.43 bits per heavy atom. The summed E-state index contributed by atoms with van der Waals surface area (Å²) in [5.41, 5.74) is 3.90. The van der Waals surface area contributed by atoms with Crippen LogP contribution in [0.5, 0.6) is 0 Å². The van der Waals surface area contributed by atoms with Gasteiger partial charge < -0.3 is 10.1 Å². The molecular formula is C19H37N3O. The van der Waals surface area contributed by atoms with E-state index in [2.05, 4.69) is 50.5 Å². The summed E-state index contributed by atoms with van der Waals surface area (Å²) < 4.78 is 6.03. The fraction of sp³-hybridized carbons (Fsp3) is 1.00. The first-order valence-corrected chi connectivity index (χ1v) is 9.53. The van der Waals surface area contributed by atoms with Gasteiger partial charge >= 0.3 is 0 Å². The molecule has 0 radical (unpaired) electrons. The summed E-state index contributed by atoms with van der Waals surface area (Å²) in [6, 6.07) is 1.29. The van der Waals surface area contributed by atoms with Crippen LogP contribution in [-0.4, -0.2) is 50.4 Å². The summed E-state index contributed by atoms with van der Waals surface area (Å²) >= 11 is 0. The Balaban J connectivity index is 1.81. The lowest BCUT2D eigenvalue weighted by Gasteiger charge is -2.50. The van der Waals surface area contributed by atoms with Crippen LogP contribution in [0.25, 0.3) is 0 Å². The topological polar surface area (TPSA) is 36.5 Å². The molecule has 2 heterocycles. The van der Waals surface area contributed by atoms with Gasteiger partial charge in [0.1, 0.15) is 0 Å². The van der Waals surface area contributed by atoms with Gasteiger partial charge in [0.15, 0.2) is 0 Å². The number of nitrogens with zero attached hydrogens (tertiary/aromatic N) is 1. The maximum absolute atomic E-state index is 6.03. The van der Waals surface area contributed by atoms with Crippen molar-refractivity contribution in [2.45, 2.75) is 65.1 Å². The van der Waals surface area contributed by atoms with E-state index < -0.39 is 0 Å². The average Bonchev–Trinajstić information content (AvgIpc) is 2.85. The second-order valence-corrected chi connectivity index (χ2v) is 9.39. The van der Waals surface area contributed by atoms with E-state index in [0.717, 1.165) is 30.8 Å². The molecule has 7 atom stereocenters. The third kappa shape index (κ3) is 3.46. The third-order valence-electron chi connectivity index (χ3n) is 6.96. The Kier molecular flexibility index (Phi) is 5.09.